The van der Waals surface area contributed by atoms with E-state index in [4.69, 9.17) is 4.74 Å². The molecule has 126 valence electrons. The minimum absolute atomic E-state index is 0.0754. The van der Waals surface area contributed by atoms with Crippen molar-refractivity contribution < 1.29 is 9.53 Å². The molecule has 1 N–H and O–H groups in total. The number of hydrazone groups is 1. The molecule has 0 aliphatic carbocycles. The van der Waals surface area contributed by atoms with Gasteiger partial charge in [0.1, 0.15) is 5.75 Å². The zero-order valence-electron chi connectivity index (χ0n) is 13.9. The lowest BCUT2D eigenvalue weighted by atomic mass is 10.1. The van der Waals surface area contributed by atoms with Crippen LogP contribution in [0.5, 0.6) is 5.75 Å². The van der Waals surface area contributed by atoms with E-state index in [2.05, 4.69) is 32.5 Å². The molecule has 1 amide bonds. The maximum atomic E-state index is 11.8. The van der Waals surface area contributed by atoms with Crippen molar-refractivity contribution in [3.63, 3.8) is 0 Å². The first-order valence-electron chi connectivity index (χ1n) is 7.79. The van der Waals surface area contributed by atoms with Gasteiger partial charge in [0.2, 0.25) is 5.91 Å². The Labute approximate surface area is 151 Å². The zero-order valence-corrected chi connectivity index (χ0v) is 15.5. The summed E-state index contributed by atoms with van der Waals surface area (Å²) in [5, 5.41) is 3.98. The van der Waals surface area contributed by atoms with E-state index < -0.39 is 0 Å². The first kappa shape index (κ1) is 18.2. The quantitative estimate of drug-likeness (QED) is 0.569. The van der Waals surface area contributed by atoms with Crippen molar-refractivity contribution >= 4 is 28.1 Å². The molecule has 0 spiro atoms. The first-order valence-corrected chi connectivity index (χ1v) is 8.59. The maximum Gasteiger partial charge on any atom is 0.240 e. The number of ether oxygens (including phenoxy) is 1. The molecule has 4 nitrogen and oxygen atoms in total. The van der Waals surface area contributed by atoms with E-state index in [0.29, 0.717) is 6.42 Å². The standard InChI is InChI=1S/C19H21BrN2O2/c1-14-12-15(8-11-18(14)24-2)4-3-5-19(23)22-21-13-16-6-9-17(20)10-7-16/h6-13H,3-5H2,1-2H3,(H,22,23). The summed E-state index contributed by atoms with van der Waals surface area (Å²) >= 11 is 3.38. The van der Waals surface area contributed by atoms with Crippen molar-refractivity contribution in [1.29, 1.82) is 0 Å². The second-order valence-corrected chi connectivity index (χ2v) is 6.42. The molecular weight excluding hydrogens is 368 g/mol. The third-order valence-corrected chi connectivity index (χ3v) is 4.13. The topological polar surface area (TPSA) is 50.7 Å². The lowest BCUT2D eigenvalue weighted by Gasteiger charge is -2.07. The van der Waals surface area contributed by atoms with Crippen molar-refractivity contribution in [1.82, 2.24) is 5.43 Å². The Morgan fingerprint density at radius 1 is 1.25 bits per heavy atom. The van der Waals surface area contributed by atoms with Crippen LogP contribution in [0.2, 0.25) is 0 Å². The Morgan fingerprint density at radius 2 is 2.00 bits per heavy atom. The minimum atomic E-state index is -0.0754. The molecule has 24 heavy (non-hydrogen) atoms. The van der Waals surface area contributed by atoms with Crippen LogP contribution in [0.4, 0.5) is 0 Å². The van der Waals surface area contributed by atoms with Gasteiger partial charge in [-0.2, -0.15) is 5.10 Å². The van der Waals surface area contributed by atoms with Crippen LogP contribution in [-0.4, -0.2) is 19.2 Å². The van der Waals surface area contributed by atoms with E-state index in [1.807, 2.05) is 43.3 Å². The molecule has 0 aliphatic rings. The molecule has 0 aromatic heterocycles. The Morgan fingerprint density at radius 3 is 2.67 bits per heavy atom. The lowest BCUT2D eigenvalue weighted by Crippen LogP contribution is -2.17. The summed E-state index contributed by atoms with van der Waals surface area (Å²) in [5.41, 5.74) is 5.82. The molecule has 0 unspecified atom stereocenters. The molecule has 2 aromatic carbocycles. The molecule has 0 atom stereocenters. The Balaban J connectivity index is 1.73. The highest BCUT2D eigenvalue weighted by Gasteiger charge is 2.03. The van der Waals surface area contributed by atoms with Crippen LogP contribution in [0, 0.1) is 6.92 Å². The highest BCUT2D eigenvalue weighted by molar-refractivity contribution is 9.10. The van der Waals surface area contributed by atoms with Crippen molar-refractivity contribution in [3.8, 4) is 5.75 Å². The van der Waals surface area contributed by atoms with E-state index in [1.54, 1.807) is 13.3 Å². The molecule has 5 heteroatoms. The Hall–Kier alpha value is -2.14. The molecule has 0 fully saturated rings. The van der Waals surface area contributed by atoms with Crippen molar-refractivity contribution in [2.45, 2.75) is 26.2 Å². The van der Waals surface area contributed by atoms with Crippen LogP contribution in [-0.2, 0) is 11.2 Å². The summed E-state index contributed by atoms with van der Waals surface area (Å²) in [5.74, 6) is 0.812. The second kappa shape index (κ2) is 9.23. The van der Waals surface area contributed by atoms with Gasteiger partial charge >= 0.3 is 0 Å². The highest BCUT2D eigenvalue weighted by atomic mass is 79.9. The first-order chi connectivity index (χ1) is 11.6. The average Bonchev–Trinajstić information content (AvgIpc) is 2.57. The number of amides is 1. The molecule has 0 radical (unpaired) electrons. The monoisotopic (exact) mass is 388 g/mol. The fraction of sp³-hybridized carbons (Fsp3) is 0.263. The number of rotatable bonds is 7. The van der Waals surface area contributed by atoms with E-state index in [0.717, 1.165) is 34.2 Å². The fourth-order valence-electron chi connectivity index (χ4n) is 2.33. The summed E-state index contributed by atoms with van der Waals surface area (Å²) in [6, 6.07) is 13.8. The van der Waals surface area contributed by atoms with Crippen LogP contribution in [0.1, 0.15) is 29.5 Å². The summed E-state index contributed by atoms with van der Waals surface area (Å²) < 4.78 is 6.26. The number of hydrogen-bond donors (Lipinski definition) is 1. The van der Waals surface area contributed by atoms with Gasteiger partial charge in [-0.25, -0.2) is 5.43 Å². The van der Waals surface area contributed by atoms with E-state index >= 15 is 0 Å². The summed E-state index contributed by atoms with van der Waals surface area (Å²) in [7, 11) is 1.67. The van der Waals surface area contributed by atoms with Crippen molar-refractivity contribution in [3.05, 3.63) is 63.6 Å². The fourth-order valence-corrected chi connectivity index (χ4v) is 2.60. The molecule has 0 saturated heterocycles. The van der Waals surface area contributed by atoms with E-state index in [-0.39, 0.29) is 5.91 Å². The molecule has 0 heterocycles. The third kappa shape index (κ3) is 5.81. The largest absolute Gasteiger partial charge is 0.496 e. The van der Waals surface area contributed by atoms with Gasteiger partial charge in [-0.15, -0.1) is 0 Å². The zero-order chi connectivity index (χ0) is 17.4. The van der Waals surface area contributed by atoms with Crippen LogP contribution < -0.4 is 10.2 Å². The molecular formula is C19H21BrN2O2. The SMILES string of the molecule is COc1ccc(CCCC(=O)NN=Cc2ccc(Br)cc2)cc1C. The van der Waals surface area contributed by atoms with Crippen LogP contribution in [0.3, 0.4) is 0 Å². The Kier molecular flexibility index (Phi) is 7.00. The predicted molar refractivity (Wildman–Crippen MR) is 101 cm³/mol. The average molecular weight is 389 g/mol. The van der Waals surface area contributed by atoms with Gasteiger partial charge in [0, 0.05) is 10.9 Å². The normalized spacial score (nSPS) is 10.8. The molecule has 2 aromatic rings. The lowest BCUT2D eigenvalue weighted by molar-refractivity contribution is -0.121. The van der Waals surface area contributed by atoms with E-state index in [9.17, 15) is 4.79 Å². The van der Waals surface area contributed by atoms with E-state index in [1.165, 1.54) is 5.56 Å². The molecule has 0 saturated carbocycles. The second-order valence-electron chi connectivity index (χ2n) is 5.50. The molecule has 0 bridgehead atoms. The number of carbonyl (C=O) groups excluding carboxylic acids is 1. The number of aryl methyl sites for hydroxylation is 2. The van der Waals surface area contributed by atoms with Gasteiger partial charge in [-0.3, -0.25) is 4.79 Å². The minimum Gasteiger partial charge on any atom is -0.496 e. The number of halogens is 1. The van der Waals surface area contributed by atoms with Gasteiger partial charge in [0.05, 0.1) is 13.3 Å². The number of methoxy groups -OCH3 is 1. The number of hydrogen-bond acceptors (Lipinski definition) is 3. The summed E-state index contributed by atoms with van der Waals surface area (Å²) in [6.45, 7) is 2.02. The maximum absolute atomic E-state index is 11.8. The van der Waals surface area contributed by atoms with Crippen molar-refractivity contribution in [2.75, 3.05) is 7.11 Å². The number of carbonyl (C=O) groups is 1. The van der Waals surface area contributed by atoms with Crippen LogP contribution >= 0.6 is 15.9 Å². The van der Waals surface area contributed by atoms with Gasteiger partial charge in [-0.05, 0) is 54.7 Å². The smallest absolute Gasteiger partial charge is 0.240 e. The van der Waals surface area contributed by atoms with Gasteiger partial charge in [0.25, 0.3) is 0 Å². The number of nitrogens with one attached hydrogen (secondary N) is 1. The van der Waals surface area contributed by atoms with Gasteiger partial charge in [0.15, 0.2) is 0 Å². The number of benzene rings is 2. The predicted octanol–water partition coefficient (Wildman–Crippen LogP) is 4.24. The van der Waals surface area contributed by atoms with Crippen molar-refractivity contribution in [2.24, 2.45) is 5.10 Å². The summed E-state index contributed by atoms with van der Waals surface area (Å²) in [6.07, 6.45) is 3.72. The Bertz CT molecular complexity index is 712. The molecule has 0 aliphatic heterocycles. The molecule has 2 rings (SSSR count). The van der Waals surface area contributed by atoms with Gasteiger partial charge < -0.3 is 4.74 Å². The third-order valence-electron chi connectivity index (χ3n) is 3.60. The van der Waals surface area contributed by atoms with Gasteiger partial charge in [-0.1, -0.05) is 40.2 Å². The summed E-state index contributed by atoms with van der Waals surface area (Å²) in [4.78, 5) is 11.8. The van der Waals surface area contributed by atoms with Crippen LogP contribution in [0.25, 0.3) is 0 Å². The van der Waals surface area contributed by atoms with Crippen LogP contribution in [0.15, 0.2) is 52.0 Å². The highest BCUT2D eigenvalue weighted by Crippen LogP contribution is 2.19. The number of nitrogens with zero attached hydrogens (tertiary/aromatic N) is 1.